The molecule has 116 valence electrons. The fraction of sp³-hybridized carbons (Fsp3) is 0.312. The average molecular weight is 323 g/mol. The van der Waals surface area contributed by atoms with Crippen LogP contribution in [-0.4, -0.2) is 27.5 Å². The summed E-state index contributed by atoms with van der Waals surface area (Å²) in [5.41, 5.74) is 0.798. The standard InChI is InChI=1S/C16H16ClFN2O2/c1-16(2,11-3-4-13(18)12(17)5-11)6-15-19-7-10(8-20-15)14(22)9-21/h3-5,7-8,21H,6,9H2,1-2H3. The summed E-state index contributed by atoms with van der Waals surface area (Å²) in [7, 11) is 0. The van der Waals surface area contributed by atoms with Gasteiger partial charge in [-0.1, -0.05) is 31.5 Å². The lowest BCUT2D eigenvalue weighted by Crippen LogP contribution is -2.22. The molecule has 6 heteroatoms. The summed E-state index contributed by atoms with van der Waals surface area (Å²) in [4.78, 5) is 19.6. The first-order valence-corrected chi connectivity index (χ1v) is 7.12. The molecule has 0 atom stereocenters. The zero-order valence-corrected chi connectivity index (χ0v) is 13.1. The molecular weight excluding hydrogens is 307 g/mol. The second-order valence-corrected chi connectivity index (χ2v) is 6.07. The third-order valence-electron chi connectivity index (χ3n) is 3.47. The van der Waals surface area contributed by atoms with Crippen LogP contribution in [0.5, 0.6) is 0 Å². The van der Waals surface area contributed by atoms with E-state index in [1.54, 1.807) is 12.1 Å². The van der Waals surface area contributed by atoms with Crippen LogP contribution < -0.4 is 0 Å². The van der Waals surface area contributed by atoms with Crippen molar-refractivity contribution < 1.29 is 14.3 Å². The highest BCUT2D eigenvalue weighted by atomic mass is 35.5. The van der Waals surface area contributed by atoms with Gasteiger partial charge in [0.25, 0.3) is 0 Å². The van der Waals surface area contributed by atoms with Gasteiger partial charge in [0.15, 0.2) is 5.78 Å². The van der Waals surface area contributed by atoms with Crippen molar-refractivity contribution in [2.24, 2.45) is 0 Å². The number of ketones is 1. The van der Waals surface area contributed by atoms with Gasteiger partial charge in [0, 0.05) is 18.8 Å². The lowest BCUT2D eigenvalue weighted by Gasteiger charge is -2.24. The largest absolute Gasteiger partial charge is 0.388 e. The van der Waals surface area contributed by atoms with E-state index in [4.69, 9.17) is 16.7 Å². The van der Waals surface area contributed by atoms with Crippen LogP contribution in [-0.2, 0) is 11.8 Å². The molecule has 0 unspecified atom stereocenters. The lowest BCUT2D eigenvalue weighted by molar-refractivity contribution is 0.0903. The van der Waals surface area contributed by atoms with Crippen molar-refractivity contribution in [3.8, 4) is 0 Å². The Bertz CT molecular complexity index is 687. The summed E-state index contributed by atoms with van der Waals surface area (Å²) in [6.07, 6.45) is 3.30. The Hall–Kier alpha value is -1.85. The highest BCUT2D eigenvalue weighted by Gasteiger charge is 2.23. The molecule has 0 spiro atoms. The summed E-state index contributed by atoms with van der Waals surface area (Å²) in [6, 6.07) is 4.62. The van der Waals surface area contributed by atoms with Crippen molar-refractivity contribution in [1.29, 1.82) is 0 Å². The molecule has 22 heavy (non-hydrogen) atoms. The molecule has 0 saturated heterocycles. The molecule has 0 saturated carbocycles. The second-order valence-electron chi connectivity index (χ2n) is 5.66. The van der Waals surface area contributed by atoms with Crippen molar-refractivity contribution >= 4 is 17.4 Å². The zero-order chi connectivity index (χ0) is 16.3. The van der Waals surface area contributed by atoms with Crippen molar-refractivity contribution in [3.63, 3.8) is 0 Å². The topological polar surface area (TPSA) is 63.1 Å². The fourth-order valence-electron chi connectivity index (χ4n) is 2.10. The molecule has 0 aliphatic rings. The molecule has 0 bridgehead atoms. The number of halogens is 2. The first-order chi connectivity index (χ1) is 10.3. The van der Waals surface area contributed by atoms with E-state index in [0.29, 0.717) is 12.2 Å². The van der Waals surface area contributed by atoms with Crippen molar-refractivity contribution in [1.82, 2.24) is 9.97 Å². The van der Waals surface area contributed by atoms with Gasteiger partial charge in [0.05, 0.1) is 10.6 Å². The van der Waals surface area contributed by atoms with E-state index in [0.717, 1.165) is 5.56 Å². The maximum atomic E-state index is 13.3. The maximum Gasteiger partial charge on any atom is 0.191 e. The van der Waals surface area contributed by atoms with Crippen molar-refractivity contribution in [2.45, 2.75) is 25.7 Å². The number of carbonyl (C=O) groups excluding carboxylic acids is 1. The molecule has 1 aromatic heterocycles. The van der Waals surface area contributed by atoms with Gasteiger partial charge in [-0.3, -0.25) is 4.79 Å². The van der Waals surface area contributed by atoms with E-state index >= 15 is 0 Å². The minimum absolute atomic E-state index is 0.0791. The summed E-state index contributed by atoms with van der Waals surface area (Å²) in [5, 5.41) is 8.87. The molecule has 0 radical (unpaired) electrons. The third-order valence-corrected chi connectivity index (χ3v) is 3.76. The number of hydrogen-bond donors (Lipinski definition) is 1. The minimum atomic E-state index is -0.567. The molecule has 0 fully saturated rings. The Morgan fingerprint density at radius 3 is 2.50 bits per heavy atom. The number of rotatable bonds is 5. The predicted molar refractivity (Wildman–Crippen MR) is 81.6 cm³/mol. The smallest absolute Gasteiger partial charge is 0.191 e. The van der Waals surface area contributed by atoms with Crippen LogP contribution in [0.2, 0.25) is 5.02 Å². The van der Waals surface area contributed by atoms with E-state index in [1.165, 1.54) is 18.5 Å². The summed E-state index contributed by atoms with van der Waals surface area (Å²) < 4.78 is 13.3. The van der Waals surface area contributed by atoms with Crippen molar-refractivity contribution in [2.75, 3.05) is 6.61 Å². The van der Waals surface area contributed by atoms with Gasteiger partial charge >= 0.3 is 0 Å². The monoisotopic (exact) mass is 322 g/mol. The second kappa shape index (κ2) is 6.50. The van der Waals surface area contributed by atoms with Gasteiger partial charge in [-0.2, -0.15) is 0 Å². The number of carbonyl (C=O) groups is 1. The highest BCUT2D eigenvalue weighted by Crippen LogP contribution is 2.29. The van der Waals surface area contributed by atoms with Gasteiger partial charge in [-0.25, -0.2) is 14.4 Å². The molecule has 1 heterocycles. The van der Waals surface area contributed by atoms with E-state index < -0.39 is 18.2 Å². The molecule has 1 aromatic carbocycles. The quantitative estimate of drug-likeness (QED) is 0.860. The Labute approximate surface area is 133 Å². The summed E-state index contributed by atoms with van der Waals surface area (Å²) >= 11 is 5.83. The molecule has 4 nitrogen and oxygen atoms in total. The van der Waals surface area contributed by atoms with Gasteiger partial charge in [0.2, 0.25) is 0 Å². The summed E-state index contributed by atoms with van der Waals surface area (Å²) in [6.45, 7) is 3.39. The average Bonchev–Trinajstić information content (AvgIpc) is 2.49. The molecule has 2 rings (SSSR count). The SMILES string of the molecule is CC(C)(Cc1ncc(C(=O)CO)cn1)c1ccc(F)c(Cl)c1. The van der Waals surface area contributed by atoms with Crippen molar-refractivity contribution in [3.05, 3.63) is 58.4 Å². The highest BCUT2D eigenvalue weighted by molar-refractivity contribution is 6.30. The Morgan fingerprint density at radius 2 is 1.95 bits per heavy atom. The number of nitrogens with zero attached hydrogens (tertiary/aromatic N) is 2. The Morgan fingerprint density at radius 1 is 1.32 bits per heavy atom. The molecule has 0 aliphatic heterocycles. The first kappa shape index (κ1) is 16.5. The Kier molecular flexibility index (Phi) is 4.88. The minimum Gasteiger partial charge on any atom is -0.388 e. The maximum absolute atomic E-state index is 13.3. The fourth-order valence-corrected chi connectivity index (χ4v) is 2.28. The normalized spacial score (nSPS) is 11.5. The molecule has 0 aliphatic carbocycles. The number of aliphatic hydroxyl groups excluding tert-OH is 1. The van der Waals surface area contributed by atoms with Gasteiger partial charge in [0.1, 0.15) is 18.2 Å². The van der Waals surface area contributed by atoms with E-state index in [9.17, 15) is 9.18 Å². The van der Waals surface area contributed by atoms with E-state index in [-0.39, 0.29) is 16.0 Å². The van der Waals surface area contributed by atoms with Gasteiger partial charge in [-0.15, -0.1) is 0 Å². The summed E-state index contributed by atoms with van der Waals surface area (Å²) in [5.74, 6) is -0.319. The molecule has 0 amide bonds. The van der Waals surface area contributed by atoms with Crippen LogP contribution in [0.4, 0.5) is 4.39 Å². The van der Waals surface area contributed by atoms with Crippen LogP contribution in [0.1, 0.15) is 35.6 Å². The third kappa shape index (κ3) is 3.67. The van der Waals surface area contributed by atoms with Crippen LogP contribution in [0.25, 0.3) is 0 Å². The van der Waals surface area contributed by atoms with Gasteiger partial charge in [-0.05, 0) is 23.1 Å². The van der Waals surface area contributed by atoms with Gasteiger partial charge < -0.3 is 5.11 Å². The zero-order valence-electron chi connectivity index (χ0n) is 12.3. The van der Waals surface area contributed by atoms with Crippen LogP contribution in [0, 0.1) is 5.82 Å². The predicted octanol–water partition coefficient (Wildman–Crippen LogP) is 2.96. The first-order valence-electron chi connectivity index (χ1n) is 6.74. The molecular formula is C16H16ClFN2O2. The number of benzene rings is 1. The van der Waals surface area contributed by atoms with Crippen LogP contribution in [0.15, 0.2) is 30.6 Å². The van der Waals surface area contributed by atoms with Crippen LogP contribution in [0.3, 0.4) is 0 Å². The number of aliphatic hydroxyl groups is 1. The Balaban J connectivity index is 2.20. The number of hydrogen-bond acceptors (Lipinski definition) is 4. The lowest BCUT2D eigenvalue weighted by atomic mass is 9.81. The number of aromatic nitrogens is 2. The van der Waals surface area contributed by atoms with E-state index in [2.05, 4.69) is 9.97 Å². The molecule has 1 N–H and O–H groups in total. The number of Topliss-reactive ketones (excluding diaryl/α,β-unsaturated/α-hetero) is 1. The molecule has 2 aromatic rings. The van der Waals surface area contributed by atoms with Crippen LogP contribution >= 0.6 is 11.6 Å². The van der Waals surface area contributed by atoms with E-state index in [1.807, 2.05) is 13.8 Å².